The molecule has 0 radical (unpaired) electrons. The van der Waals surface area contributed by atoms with Crippen LogP contribution in [0.2, 0.25) is 10.0 Å². The summed E-state index contributed by atoms with van der Waals surface area (Å²) in [5.41, 5.74) is 0.271. The van der Waals surface area contributed by atoms with E-state index in [2.05, 4.69) is 5.16 Å². The van der Waals surface area contributed by atoms with Crippen molar-refractivity contribution in [1.82, 2.24) is 4.90 Å². The molecule has 8 heteroatoms. The van der Waals surface area contributed by atoms with Gasteiger partial charge in [-0.1, -0.05) is 59.5 Å². The molecule has 0 aliphatic carbocycles. The van der Waals surface area contributed by atoms with Gasteiger partial charge in [0.1, 0.15) is 0 Å². The number of halogens is 4. The summed E-state index contributed by atoms with van der Waals surface area (Å²) in [5, 5.41) is 4.02. The number of alkyl halides is 1. The molecule has 2 aromatic carbocycles. The normalized spacial score (nSPS) is 22.3. The number of oxime groups is 1. The molecule has 2 aliphatic heterocycles. The number of carbonyl (C=O) groups is 1. The summed E-state index contributed by atoms with van der Waals surface area (Å²) in [7, 11) is 0. The van der Waals surface area contributed by atoms with Gasteiger partial charge in [0.05, 0.1) is 28.8 Å². The van der Waals surface area contributed by atoms with Crippen LogP contribution < -0.4 is 0 Å². The first-order chi connectivity index (χ1) is 14.1. The number of nitrogens with zero attached hydrogens (tertiary/aromatic N) is 2. The van der Waals surface area contributed by atoms with Gasteiger partial charge in [0.15, 0.2) is 17.1 Å². The highest BCUT2D eigenvalue weighted by Crippen LogP contribution is 2.40. The van der Waals surface area contributed by atoms with Crippen LogP contribution in [0.4, 0.5) is 8.78 Å². The van der Waals surface area contributed by atoms with Crippen molar-refractivity contribution in [3.8, 4) is 0 Å². The van der Waals surface area contributed by atoms with Crippen molar-refractivity contribution in [3.63, 3.8) is 0 Å². The Balaban J connectivity index is 1.48. The molecule has 2 aromatic rings. The lowest BCUT2D eigenvalue weighted by molar-refractivity contribution is -0.145. The van der Waals surface area contributed by atoms with Crippen molar-refractivity contribution in [2.24, 2.45) is 5.16 Å². The molecule has 1 atom stereocenters. The third-order valence-corrected chi connectivity index (χ3v) is 6.28. The van der Waals surface area contributed by atoms with Gasteiger partial charge in [0.2, 0.25) is 5.91 Å². The van der Waals surface area contributed by atoms with Crippen molar-refractivity contribution < 1.29 is 18.4 Å². The standard InChI is InChI=1S/C22H20Cl2F2N2O2/c1-3-19(29)28-11-22(26,12-28)14-6-4-13(5-7-14)18-10-21(2,30-27-18)15-8-16(23)20(25)17(24)9-15/h4-9H,3,10-12H2,1-2H3. The molecule has 4 nitrogen and oxygen atoms in total. The van der Waals surface area contributed by atoms with Crippen LogP contribution in [0.3, 0.4) is 0 Å². The fraction of sp³-hybridized carbons (Fsp3) is 0.364. The first kappa shape index (κ1) is 21.1. The molecule has 30 heavy (non-hydrogen) atoms. The lowest BCUT2D eigenvalue weighted by atomic mass is 9.85. The van der Waals surface area contributed by atoms with E-state index in [-0.39, 0.29) is 29.0 Å². The van der Waals surface area contributed by atoms with Gasteiger partial charge in [-0.2, -0.15) is 0 Å². The summed E-state index contributed by atoms with van der Waals surface area (Å²) in [6, 6.07) is 9.98. The molecular weight excluding hydrogens is 433 g/mol. The average Bonchev–Trinajstić information content (AvgIpc) is 3.12. The topological polar surface area (TPSA) is 41.9 Å². The molecule has 0 spiro atoms. The predicted molar refractivity (Wildman–Crippen MR) is 112 cm³/mol. The highest BCUT2D eigenvalue weighted by Gasteiger charge is 2.46. The number of rotatable bonds is 4. The summed E-state index contributed by atoms with van der Waals surface area (Å²) >= 11 is 11.8. The molecule has 0 N–H and O–H groups in total. The third-order valence-electron chi connectivity index (χ3n) is 5.73. The quantitative estimate of drug-likeness (QED) is 0.567. The molecule has 1 unspecified atom stereocenters. The second kappa shape index (κ2) is 7.50. The fourth-order valence-corrected chi connectivity index (χ4v) is 4.30. The van der Waals surface area contributed by atoms with Gasteiger partial charge < -0.3 is 9.74 Å². The van der Waals surface area contributed by atoms with Crippen LogP contribution in [0.15, 0.2) is 41.6 Å². The molecule has 1 fully saturated rings. The van der Waals surface area contributed by atoms with E-state index in [9.17, 15) is 9.18 Å². The monoisotopic (exact) mass is 452 g/mol. The van der Waals surface area contributed by atoms with E-state index in [0.717, 1.165) is 5.56 Å². The molecule has 0 bridgehead atoms. The molecule has 2 aliphatic rings. The van der Waals surface area contributed by atoms with Crippen molar-refractivity contribution >= 4 is 34.8 Å². The number of likely N-dealkylation sites (tertiary alicyclic amines) is 1. The Labute approximate surface area is 183 Å². The number of amides is 1. The van der Waals surface area contributed by atoms with Gasteiger partial charge in [-0.25, -0.2) is 8.78 Å². The van der Waals surface area contributed by atoms with Crippen molar-refractivity contribution in [2.75, 3.05) is 13.1 Å². The van der Waals surface area contributed by atoms with E-state index < -0.39 is 17.1 Å². The van der Waals surface area contributed by atoms with Gasteiger partial charge in [0.25, 0.3) is 0 Å². The van der Waals surface area contributed by atoms with Crippen LogP contribution in [0.5, 0.6) is 0 Å². The summed E-state index contributed by atoms with van der Waals surface area (Å²) in [4.78, 5) is 18.8. The van der Waals surface area contributed by atoms with E-state index >= 15 is 4.39 Å². The van der Waals surface area contributed by atoms with Crippen molar-refractivity contribution in [3.05, 3.63) is 69.0 Å². The maximum Gasteiger partial charge on any atom is 0.222 e. The van der Waals surface area contributed by atoms with Crippen LogP contribution >= 0.6 is 23.2 Å². The molecule has 4 rings (SSSR count). The van der Waals surface area contributed by atoms with Gasteiger partial charge >= 0.3 is 0 Å². The molecule has 2 heterocycles. The zero-order chi connectivity index (χ0) is 21.7. The van der Waals surface area contributed by atoms with E-state index in [4.69, 9.17) is 28.0 Å². The van der Waals surface area contributed by atoms with Crippen LogP contribution in [0.1, 0.15) is 43.4 Å². The zero-order valence-electron chi connectivity index (χ0n) is 16.5. The lowest BCUT2D eigenvalue weighted by Crippen LogP contribution is -2.58. The van der Waals surface area contributed by atoms with Crippen LogP contribution in [0, 0.1) is 5.82 Å². The van der Waals surface area contributed by atoms with E-state index in [1.165, 1.54) is 17.0 Å². The smallest absolute Gasteiger partial charge is 0.222 e. The Morgan fingerprint density at radius 1 is 1.17 bits per heavy atom. The van der Waals surface area contributed by atoms with Crippen molar-refractivity contribution in [2.45, 2.75) is 38.0 Å². The highest BCUT2D eigenvalue weighted by molar-refractivity contribution is 6.35. The lowest BCUT2D eigenvalue weighted by Gasteiger charge is -2.44. The Morgan fingerprint density at radius 3 is 2.33 bits per heavy atom. The molecule has 1 saturated heterocycles. The Bertz CT molecular complexity index is 1010. The number of carbonyl (C=O) groups excluding carboxylic acids is 1. The summed E-state index contributed by atoms with van der Waals surface area (Å²) < 4.78 is 28.8. The van der Waals surface area contributed by atoms with Crippen LogP contribution in [-0.2, 0) is 20.9 Å². The van der Waals surface area contributed by atoms with E-state index in [1.54, 1.807) is 31.2 Å². The largest absolute Gasteiger partial charge is 0.384 e. The molecule has 0 aromatic heterocycles. The minimum absolute atomic E-state index is 0.0439. The number of benzene rings is 2. The second-order valence-corrected chi connectivity index (χ2v) is 8.75. The van der Waals surface area contributed by atoms with E-state index in [0.29, 0.717) is 29.7 Å². The molecule has 0 saturated carbocycles. The maximum atomic E-state index is 15.0. The summed E-state index contributed by atoms with van der Waals surface area (Å²) in [5.74, 6) is -0.714. The number of hydrogen-bond donors (Lipinski definition) is 0. The molecule has 158 valence electrons. The summed E-state index contributed by atoms with van der Waals surface area (Å²) in [6.45, 7) is 3.74. The first-order valence-corrected chi connectivity index (χ1v) is 10.4. The number of hydrogen-bond acceptors (Lipinski definition) is 3. The summed E-state index contributed by atoms with van der Waals surface area (Å²) in [6.07, 6.45) is 0.794. The molecule has 1 amide bonds. The Morgan fingerprint density at radius 2 is 1.77 bits per heavy atom. The second-order valence-electron chi connectivity index (χ2n) is 7.94. The molecular formula is C22H20Cl2F2N2O2. The van der Waals surface area contributed by atoms with Crippen LogP contribution in [0.25, 0.3) is 0 Å². The first-order valence-electron chi connectivity index (χ1n) is 9.63. The van der Waals surface area contributed by atoms with Gasteiger partial charge in [-0.15, -0.1) is 0 Å². The average molecular weight is 453 g/mol. The van der Waals surface area contributed by atoms with E-state index in [1.807, 2.05) is 6.92 Å². The van der Waals surface area contributed by atoms with Gasteiger partial charge in [-0.05, 0) is 30.2 Å². The Hall–Kier alpha value is -2.18. The minimum Gasteiger partial charge on any atom is -0.384 e. The fourth-order valence-electron chi connectivity index (χ4n) is 3.81. The third kappa shape index (κ3) is 3.56. The van der Waals surface area contributed by atoms with Crippen molar-refractivity contribution in [1.29, 1.82) is 0 Å². The zero-order valence-corrected chi connectivity index (χ0v) is 18.0. The minimum atomic E-state index is -1.52. The van der Waals surface area contributed by atoms with Gasteiger partial charge in [0, 0.05) is 18.4 Å². The predicted octanol–water partition coefficient (Wildman–Crippen LogP) is 5.59. The van der Waals surface area contributed by atoms with Crippen LogP contribution in [-0.4, -0.2) is 29.6 Å². The maximum absolute atomic E-state index is 15.0. The van der Waals surface area contributed by atoms with Gasteiger partial charge in [-0.3, -0.25) is 4.79 Å². The Kier molecular flexibility index (Phi) is 5.27. The SMILES string of the molecule is CCC(=O)N1CC(F)(c2ccc(C3=NOC(C)(c4cc(Cl)c(F)c(Cl)c4)C3)cc2)C1. The highest BCUT2D eigenvalue weighted by atomic mass is 35.5.